The number of amides is 1. The van der Waals surface area contributed by atoms with Gasteiger partial charge in [-0.25, -0.2) is 13.4 Å². The van der Waals surface area contributed by atoms with Crippen LogP contribution in [0, 0.1) is 0 Å². The summed E-state index contributed by atoms with van der Waals surface area (Å²) in [6.45, 7) is 1.23. The zero-order chi connectivity index (χ0) is 27.7. The van der Waals surface area contributed by atoms with Gasteiger partial charge in [-0.05, 0) is 73.0 Å². The number of thiazole rings is 1. The highest BCUT2D eigenvalue weighted by atomic mass is 32.2. The van der Waals surface area contributed by atoms with Gasteiger partial charge in [0, 0.05) is 31.0 Å². The molecule has 9 nitrogen and oxygen atoms in total. The van der Waals surface area contributed by atoms with E-state index >= 15 is 0 Å². The van der Waals surface area contributed by atoms with Gasteiger partial charge in [-0.1, -0.05) is 29.5 Å². The fourth-order valence-electron chi connectivity index (χ4n) is 4.86. The number of ether oxygens (including phenoxy) is 1. The summed E-state index contributed by atoms with van der Waals surface area (Å²) < 4.78 is 36.6. The van der Waals surface area contributed by atoms with Crippen LogP contribution in [0.15, 0.2) is 90.1 Å². The summed E-state index contributed by atoms with van der Waals surface area (Å²) in [4.78, 5) is 20.3. The molecule has 0 saturated heterocycles. The number of sulfonamides is 1. The van der Waals surface area contributed by atoms with Crippen LogP contribution in [0.5, 0.6) is 5.75 Å². The van der Waals surface area contributed by atoms with Gasteiger partial charge in [-0.2, -0.15) is 5.10 Å². The number of fused-ring (bicyclic) bond motifs is 2. The van der Waals surface area contributed by atoms with Gasteiger partial charge < -0.3 is 4.74 Å². The maximum atomic E-state index is 13.8. The minimum atomic E-state index is -3.78. The number of hydrogen-bond acceptors (Lipinski definition) is 7. The first-order valence-corrected chi connectivity index (χ1v) is 15.1. The number of hydrogen-bond donors (Lipinski definition) is 0. The van der Waals surface area contributed by atoms with Gasteiger partial charge in [0.1, 0.15) is 5.75 Å². The molecule has 2 aromatic heterocycles. The topological polar surface area (TPSA) is 97.6 Å². The summed E-state index contributed by atoms with van der Waals surface area (Å²) in [6, 6.07) is 21.2. The number of nitrogens with zero attached hydrogens (tertiary/aromatic N) is 5. The second-order valence-corrected chi connectivity index (χ2v) is 12.3. The normalized spacial score (nSPS) is 13.3. The van der Waals surface area contributed by atoms with Crippen LogP contribution >= 0.6 is 11.3 Å². The molecule has 0 bridgehead atoms. The quantitative estimate of drug-likeness (QED) is 0.260. The minimum Gasteiger partial charge on any atom is -0.497 e. The Morgan fingerprint density at radius 1 is 1.07 bits per heavy atom. The number of methoxy groups -OCH3 is 1. The van der Waals surface area contributed by atoms with Crippen molar-refractivity contribution in [2.24, 2.45) is 0 Å². The van der Waals surface area contributed by atoms with Gasteiger partial charge in [0.05, 0.1) is 34.5 Å². The zero-order valence-electron chi connectivity index (χ0n) is 21.8. The molecule has 0 radical (unpaired) electrons. The number of benzene rings is 3. The summed E-state index contributed by atoms with van der Waals surface area (Å²) in [7, 11) is -2.17. The molecule has 6 rings (SSSR count). The molecule has 11 heteroatoms. The van der Waals surface area contributed by atoms with Gasteiger partial charge >= 0.3 is 0 Å². The smallest absolute Gasteiger partial charge is 0.264 e. The Balaban J connectivity index is 1.30. The molecule has 0 atom stereocenters. The van der Waals surface area contributed by atoms with E-state index in [1.165, 1.54) is 27.8 Å². The SMILES string of the molecule is COc1ccc2nc(N(CCn3cccn3)C(=O)c3ccc(S(=O)(=O)N4CCCc5ccccc54)cc3)sc2c1. The van der Waals surface area contributed by atoms with Gasteiger partial charge in [0.2, 0.25) is 0 Å². The van der Waals surface area contributed by atoms with Crippen LogP contribution in [-0.2, 0) is 23.0 Å². The molecule has 0 unspecified atom stereocenters. The van der Waals surface area contributed by atoms with Crippen LogP contribution < -0.4 is 13.9 Å². The zero-order valence-corrected chi connectivity index (χ0v) is 23.4. The van der Waals surface area contributed by atoms with E-state index in [2.05, 4.69) is 5.10 Å². The van der Waals surface area contributed by atoms with E-state index in [-0.39, 0.29) is 10.8 Å². The lowest BCUT2D eigenvalue weighted by atomic mass is 10.0. The highest BCUT2D eigenvalue weighted by molar-refractivity contribution is 7.92. The number of anilines is 2. The predicted octanol–water partition coefficient (Wildman–Crippen LogP) is 4.99. The van der Waals surface area contributed by atoms with Crippen molar-refractivity contribution in [1.82, 2.24) is 14.8 Å². The summed E-state index contributed by atoms with van der Waals surface area (Å²) in [5, 5.41) is 4.80. The number of rotatable bonds is 8. The first-order chi connectivity index (χ1) is 19.4. The van der Waals surface area contributed by atoms with Crippen LogP contribution in [0.4, 0.5) is 10.8 Å². The molecule has 1 amide bonds. The van der Waals surface area contributed by atoms with Crippen LogP contribution in [0.1, 0.15) is 22.3 Å². The van der Waals surface area contributed by atoms with Crippen molar-refractivity contribution in [2.75, 3.05) is 29.4 Å². The summed E-state index contributed by atoms with van der Waals surface area (Å²) in [6.07, 6.45) is 5.13. The molecule has 1 aliphatic heterocycles. The molecule has 40 heavy (non-hydrogen) atoms. The molecule has 204 valence electrons. The average molecular weight is 574 g/mol. The molecular weight excluding hydrogens is 546 g/mol. The van der Waals surface area contributed by atoms with E-state index in [4.69, 9.17) is 9.72 Å². The summed E-state index contributed by atoms with van der Waals surface area (Å²) in [5.41, 5.74) is 2.87. The number of carbonyl (C=O) groups is 1. The van der Waals surface area contributed by atoms with Crippen molar-refractivity contribution in [3.05, 3.63) is 96.3 Å². The maximum Gasteiger partial charge on any atom is 0.264 e. The van der Waals surface area contributed by atoms with E-state index in [1.807, 2.05) is 54.7 Å². The van der Waals surface area contributed by atoms with Crippen LogP contribution in [-0.4, -0.2) is 49.3 Å². The average Bonchev–Trinajstić information content (AvgIpc) is 3.66. The number of para-hydroxylation sites is 1. The highest BCUT2D eigenvalue weighted by Gasteiger charge is 2.29. The van der Waals surface area contributed by atoms with Gasteiger partial charge in [0.15, 0.2) is 5.13 Å². The molecule has 5 aromatic rings. The highest BCUT2D eigenvalue weighted by Crippen LogP contribution is 2.34. The van der Waals surface area contributed by atoms with Crippen LogP contribution in [0.3, 0.4) is 0 Å². The standard InChI is InChI=1S/C29H27N5O4S2/c1-38-23-11-14-25-27(20-23)39-29(31-25)33(19-18-32-16-5-15-30-32)28(35)22-9-12-24(13-10-22)40(36,37)34-17-4-7-21-6-2-3-8-26(21)34/h2-3,5-6,8-16,20H,4,7,17-19H2,1H3. The first-order valence-electron chi connectivity index (χ1n) is 12.9. The maximum absolute atomic E-state index is 13.8. The molecule has 3 aromatic carbocycles. The molecular formula is C29H27N5O4S2. The van der Waals surface area contributed by atoms with E-state index in [9.17, 15) is 13.2 Å². The summed E-state index contributed by atoms with van der Waals surface area (Å²) in [5.74, 6) is 0.440. The van der Waals surface area contributed by atoms with Crippen molar-refractivity contribution < 1.29 is 17.9 Å². The van der Waals surface area contributed by atoms with Crippen molar-refractivity contribution in [2.45, 2.75) is 24.3 Å². The number of aromatic nitrogens is 3. The van der Waals surface area contributed by atoms with Gasteiger partial charge in [-0.3, -0.25) is 18.7 Å². The van der Waals surface area contributed by atoms with Crippen LogP contribution in [0.25, 0.3) is 10.2 Å². The van der Waals surface area contributed by atoms with E-state index in [0.717, 1.165) is 28.6 Å². The van der Waals surface area contributed by atoms with Gasteiger partial charge in [-0.15, -0.1) is 0 Å². The van der Waals surface area contributed by atoms with E-state index < -0.39 is 10.0 Å². The minimum absolute atomic E-state index is 0.149. The molecule has 0 aliphatic carbocycles. The molecule has 0 fully saturated rings. The molecule has 0 N–H and O–H groups in total. The number of carbonyl (C=O) groups excluding carboxylic acids is 1. The number of aryl methyl sites for hydroxylation is 1. The summed E-state index contributed by atoms with van der Waals surface area (Å²) >= 11 is 1.40. The molecule has 0 saturated carbocycles. The second kappa shape index (κ2) is 10.7. The lowest BCUT2D eigenvalue weighted by Gasteiger charge is -2.30. The third kappa shape index (κ3) is 4.93. The Labute approximate surface area is 236 Å². The third-order valence-electron chi connectivity index (χ3n) is 6.93. The lowest BCUT2D eigenvalue weighted by molar-refractivity contribution is 0.0985. The Morgan fingerprint density at radius 2 is 1.90 bits per heavy atom. The first kappa shape index (κ1) is 26.0. The van der Waals surface area contributed by atoms with E-state index in [0.29, 0.717) is 41.8 Å². The Kier molecular flexibility index (Phi) is 6.99. The molecule has 0 spiro atoms. The fraction of sp³-hybridized carbons (Fsp3) is 0.207. The lowest BCUT2D eigenvalue weighted by Crippen LogP contribution is -2.35. The molecule has 1 aliphatic rings. The Hall–Kier alpha value is -4.22. The largest absolute Gasteiger partial charge is 0.497 e. The van der Waals surface area contributed by atoms with Crippen molar-refractivity contribution in [3.63, 3.8) is 0 Å². The second-order valence-electron chi connectivity index (χ2n) is 9.39. The fourth-order valence-corrected chi connectivity index (χ4v) is 7.42. The van der Waals surface area contributed by atoms with Gasteiger partial charge in [0.25, 0.3) is 15.9 Å². The molecule has 3 heterocycles. The van der Waals surface area contributed by atoms with Crippen LogP contribution in [0.2, 0.25) is 0 Å². The monoisotopic (exact) mass is 573 g/mol. The predicted molar refractivity (Wildman–Crippen MR) is 156 cm³/mol. The Morgan fingerprint density at radius 3 is 2.67 bits per heavy atom. The van der Waals surface area contributed by atoms with Crippen molar-refractivity contribution in [1.29, 1.82) is 0 Å². The Bertz CT molecular complexity index is 1770. The van der Waals surface area contributed by atoms with E-state index in [1.54, 1.807) is 35.0 Å². The van der Waals surface area contributed by atoms with Crippen molar-refractivity contribution in [3.8, 4) is 5.75 Å². The van der Waals surface area contributed by atoms with Crippen molar-refractivity contribution >= 4 is 48.3 Å². The third-order valence-corrected chi connectivity index (χ3v) is 9.80.